The Balaban J connectivity index is 1.48. The van der Waals surface area contributed by atoms with E-state index >= 15 is 0 Å². The maximum absolute atomic E-state index is 13.0. The third-order valence-corrected chi connectivity index (χ3v) is 5.89. The molecule has 10 heteroatoms. The highest BCUT2D eigenvalue weighted by Gasteiger charge is 2.48. The number of carbonyl (C=O) groups is 3. The van der Waals surface area contributed by atoms with Crippen molar-refractivity contribution in [2.24, 2.45) is 11.8 Å². The second-order valence-corrected chi connectivity index (χ2v) is 8.46. The molecule has 0 radical (unpaired) electrons. The largest absolute Gasteiger partial charge is 0.353 e. The lowest BCUT2D eigenvalue weighted by Crippen LogP contribution is -2.72. The smallest absolute Gasteiger partial charge is 0.229 e. The minimum atomic E-state index is -0.847. The topological polar surface area (TPSA) is 111 Å². The molecule has 3 amide bonds. The van der Waals surface area contributed by atoms with Gasteiger partial charge in [0.2, 0.25) is 17.7 Å². The van der Waals surface area contributed by atoms with E-state index in [0.717, 1.165) is 11.3 Å². The molecule has 2 saturated heterocycles. The van der Waals surface area contributed by atoms with E-state index in [1.165, 1.54) is 0 Å². The average Bonchev–Trinajstić information content (AvgIpc) is 2.71. The van der Waals surface area contributed by atoms with E-state index in [9.17, 15) is 14.4 Å². The number of anilines is 2. The lowest BCUT2D eigenvalue weighted by molar-refractivity contribution is -0.144. The summed E-state index contributed by atoms with van der Waals surface area (Å²) < 4.78 is 0. The fourth-order valence-electron chi connectivity index (χ4n) is 3.81. The molecule has 0 aromatic heterocycles. The molecule has 2 aromatic carbocycles. The fourth-order valence-corrected chi connectivity index (χ4v) is 4.22. The van der Waals surface area contributed by atoms with Gasteiger partial charge < -0.3 is 21.3 Å². The first-order valence-electron chi connectivity index (χ1n) is 9.75. The molecule has 162 valence electrons. The van der Waals surface area contributed by atoms with E-state index in [-0.39, 0.29) is 18.2 Å². The summed E-state index contributed by atoms with van der Waals surface area (Å²) in [5.74, 6) is -2.71. The van der Waals surface area contributed by atoms with Crippen LogP contribution >= 0.6 is 23.2 Å². The summed E-state index contributed by atoms with van der Waals surface area (Å²) in [4.78, 5) is 38.2. The Labute approximate surface area is 189 Å². The van der Waals surface area contributed by atoms with Gasteiger partial charge in [0.15, 0.2) is 6.29 Å². The molecule has 4 unspecified atom stereocenters. The van der Waals surface area contributed by atoms with Crippen LogP contribution < -0.4 is 26.6 Å². The average molecular weight is 462 g/mol. The molecule has 0 bridgehead atoms. The van der Waals surface area contributed by atoms with Crippen molar-refractivity contribution in [2.45, 2.75) is 25.8 Å². The molecular formula is C21H21Cl2N5O3. The van der Waals surface area contributed by atoms with Crippen LogP contribution in [0.15, 0.2) is 42.5 Å². The number of hydrogen-bond acceptors (Lipinski definition) is 5. The maximum atomic E-state index is 13.0. The number of amides is 3. The van der Waals surface area contributed by atoms with Crippen LogP contribution in [0.3, 0.4) is 0 Å². The first-order valence-corrected chi connectivity index (χ1v) is 10.5. The van der Waals surface area contributed by atoms with Gasteiger partial charge in [0.05, 0.1) is 28.7 Å². The number of rotatable bonds is 4. The Morgan fingerprint density at radius 3 is 2.52 bits per heavy atom. The molecule has 4 rings (SSSR count). The Hall–Kier alpha value is -2.81. The molecule has 5 N–H and O–H groups in total. The molecule has 0 spiro atoms. The minimum absolute atomic E-state index is 0.0964. The molecular weight excluding hydrogens is 441 g/mol. The van der Waals surface area contributed by atoms with E-state index < -0.39 is 30.2 Å². The number of hydrogen-bond donors (Lipinski definition) is 5. The third-order valence-electron chi connectivity index (χ3n) is 5.32. The highest BCUT2D eigenvalue weighted by molar-refractivity contribution is 6.33. The zero-order chi connectivity index (χ0) is 22.1. The molecule has 0 saturated carbocycles. The van der Waals surface area contributed by atoms with Crippen LogP contribution in [-0.2, 0) is 14.4 Å². The summed E-state index contributed by atoms with van der Waals surface area (Å²) in [5, 5.41) is 15.6. The number of benzene rings is 2. The molecule has 31 heavy (non-hydrogen) atoms. The molecule has 8 nitrogen and oxygen atoms in total. The van der Waals surface area contributed by atoms with E-state index in [2.05, 4.69) is 26.6 Å². The van der Waals surface area contributed by atoms with Crippen LogP contribution in [0, 0.1) is 18.8 Å². The van der Waals surface area contributed by atoms with Crippen LogP contribution in [-0.4, -0.2) is 30.2 Å². The SMILES string of the molecule is Cc1ccc(NC(=O)C2CC(=O)NC3NC(Nc4ccc(Cl)cc4)NC(=O)C32)c(Cl)c1. The van der Waals surface area contributed by atoms with Crippen molar-refractivity contribution >= 4 is 52.3 Å². The Bertz CT molecular complexity index is 1030. The van der Waals surface area contributed by atoms with Gasteiger partial charge in [-0.3, -0.25) is 19.7 Å². The van der Waals surface area contributed by atoms with E-state index in [1.807, 2.05) is 13.0 Å². The van der Waals surface area contributed by atoms with Crippen molar-refractivity contribution < 1.29 is 14.4 Å². The summed E-state index contributed by atoms with van der Waals surface area (Å²) in [6, 6.07) is 12.2. The number of fused-ring (bicyclic) bond motifs is 1. The summed E-state index contributed by atoms with van der Waals surface area (Å²) in [5.41, 5.74) is 2.12. The molecule has 2 aliphatic heterocycles. The van der Waals surface area contributed by atoms with Crippen molar-refractivity contribution in [1.82, 2.24) is 16.0 Å². The standard InChI is InChI=1S/C21H21Cl2N5O3/c1-10-2-7-15(14(23)8-10)25-19(30)13-9-16(29)26-18-17(13)20(31)28-21(27-18)24-12-5-3-11(22)4-6-12/h2-8,13,17-18,21,24,27H,9H2,1H3,(H,25,30)(H,26,29)(H,28,31). The molecule has 2 fully saturated rings. The Kier molecular flexibility index (Phi) is 6.04. The van der Waals surface area contributed by atoms with Gasteiger partial charge in [0.1, 0.15) is 0 Å². The highest BCUT2D eigenvalue weighted by Crippen LogP contribution is 2.30. The van der Waals surface area contributed by atoms with Gasteiger partial charge in [-0.05, 0) is 48.9 Å². The van der Waals surface area contributed by atoms with E-state index in [1.54, 1.807) is 36.4 Å². The molecule has 0 aliphatic carbocycles. The zero-order valence-corrected chi connectivity index (χ0v) is 18.1. The van der Waals surface area contributed by atoms with Gasteiger partial charge in [0.25, 0.3) is 0 Å². The fraction of sp³-hybridized carbons (Fsp3) is 0.286. The zero-order valence-electron chi connectivity index (χ0n) is 16.5. The first-order chi connectivity index (χ1) is 14.8. The van der Waals surface area contributed by atoms with Crippen molar-refractivity contribution in [3.05, 3.63) is 58.1 Å². The Morgan fingerprint density at radius 1 is 1.06 bits per heavy atom. The maximum Gasteiger partial charge on any atom is 0.229 e. The summed E-state index contributed by atoms with van der Waals surface area (Å²) in [7, 11) is 0. The predicted octanol–water partition coefficient (Wildman–Crippen LogP) is 2.43. The molecule has 2 aromatic rings. The normalized spacial score (nSPS) is 25.1. The lowest BCUT2D eigenvalue weighted by atomic mass is 9.81. The summed E-state index contributed by atoms with van der Waals surface area (Å²) >= 11 is 12.1. The lowest BCUT2D eigenvalue weighted by Gasteiger charge is -2.43. The number of aryl methyl sites for hydroxylation is 1. The first kappa shape index (κ1) is 21.4. The Morgan fingerprint density at radius 2 is 1.81 bits per heavy atom. The van der Waals surface area contributed by atoms with Gasteiger partial charge in [-0.25, -0.2) is 0 Å². The highest BCUT2D eigenvalue weighted by atomic mass is 35.5. The second kappa shape index (κ2) is 8.74. The van der Waals surface area contributed by atoms with Crippen molar-refractivity contribution in [1.29, 1.82) is 0 Å². The van der Waals surface area contributed by atoms with Crippen LogP contribution in [0.25, 0.3) is 0 Å². The third kappa shape index (κ3) is 4.76. The van der Waals surface area contributed by atoms with Gasteiger partial charge >= 0.3 is 0 Å². The van der Waals surface area contributed by atoms with Gasteiger partial charge in [-0.2, -0.15) is 0 Å². The van der Waals surface area contributed by atoms with Crippen LogP contribution in [0.1, 0.15) is 12.0 Å². The van der Waals surface area contributed by atoms with E-state index in [0.29, 0.717) is 15.7 Å². The van der Waals surface area contributed by atoms with Crippen molar-refractivity contribution in [3.63, 3.8) is 0 Å². The summed E-state index contributed by atoms with van der Waals surface area (Å²) in [6.07, 6.45) is -1.44. The second-order valence-electron chi connectivity index (χ2n) is 7.61. The van der Waals surface area contributed by atoms with E-state index in [4.69, 9.17) is 23.2 Å². The minimum Gasteiger partial charge on any atom is -0.353 e. The predicted molar refractivity (Wildman–Crippen MR) is 118 cm³/mol. The van der Waals surface area contributed by atoms with Gasteiger partial charge in [-0.15, -0.1) is 0 Å². The monoisotopic (exact) mass is 461 g/mol. The number of piperidine rings is 1. The quantitative estimate of drug-likeness (QED) is 0.480. The number of carbonyl (C=O) groups excluding carboxylic acids is 3. The van der Waals surface area contributed by atoms with Crippen molar-refractivity contribution in [2.75, 3.05) is 10.6 Å². The summed E-state index contributed by atoms with van der Waals surface area (Å²) in [6.45, 7) is 1.89. The van der Waals surface area contributed by atoms with Crippen LogP contribution in [0.2, 0.25) is 10.0 Å². The van der Waals surface area contributed by atoms with Gasteiger partial charge in [0, 0.05) is 17.1 Å². The van der Waals surface area contributed by atoms with Gasteiger partial charge in [-0.1, -0.05) is 29.3 Å². The number of nitrogens with one attached hydrogen (secondary N) is 5. The molecule has 2 aliphatic rings. The van der Waals surface area contributed by atoms with Crippen molar-refractivity contribution in [3.8, 4) is 0 Å². The molecule has 2 heterocycles. The molecule has 4 atom stereocenters. The van der Waals surface area contributed by atoms with Crippen LogP contribution in [0.5, 0.6) is 0 Å². The number of halogens is 2. The van der Waals surface area contributed by atoms with Crippen LogP contribution in [0.4, 0.5) is 11.4 Å².